The van der Waals surface area contributed by atoms with Crippen LogP contribution >= 0.6 is 0 Å². The number of hydrogen-bond acceptors (Lipinski definition) is 3. The molecule has 2 heterocycles. The van der Waals surface area contributed by atoms with Crippen LogP contribution in [0.3, 0.4) is 0 Å². The fourth-order valence-electron chi connectivity index (χ4n) is 3.91. The molecule has 0 aliphatic carbocycles. The lowest BCUT2D eigenvalue weighted by Gasteiger charge is -2.24. The number of nitrogens with zero attached hydrogens (tertiary/aromatic N) is 4. The Labute approximate surface area is 185 Å². The third-order valence-electron chi connectivity index (χ3n) is 5.50. The van der Waals surface area contributed by atoms with Crippen LogP contribution < -0.4 is 0 Å². The Kier molecular flexibility index (Phi) is 7.24. The molecule has 2 aromatic heterocycles. The summed E-state index contributed by atoms with van der Waals surface area (Å²) < 4.78 is 2.41. The maximum atomic E-state index is 4.83. The third-order valence-corrected chi connectivity index (χ3v) is 5.50. The molecule has 31 heavy (non-hydrogen) atoms. The van der Waals surface area contributed by atoms with Gasteiger partial charge in [0, 0.05) is 44.1 Å². The molecule has 0 amide bonds. The van der Waals surface area contributed by atoms with Gasteiger partial charge in [-0.25, -0.2) is 4.98 Å². The highest BCUT2D eigenvalue weighted by atomic mass is 15.2. The summed E-state index contributed by atoms with van der Waals surface area (Å²) in [5.41, 5.74) is 5.03. The van der Waals surface area contributed by atoms with E-state index in [1.54, 1.807) is 0 Å². The molecule has 0 atom stereocenters. The number of pyridine rings is 1. The fraction of sp³-hybridized carbons (Fsp3) is 0.259. The zero-order valence-corrected chi connectivity index (χ0v) is 18.2. The average molecular weight is 411 g/mol. The minimum Gasteiger partial charge on any atom is -0.327 e. The van der Waals surface area contributed by atoms with Gasteiger partial charge < -0.3 is 4.57 Å². The molecule has 0 spiro atoms. The molecular formula is C27H30N4. The summed E-state index contributed by atoms with van der Waals surface area (Å²) in [6, 6.07) is 25.4. The fourth-order valence-corrected chi connectivity index (χ4v) is 3.91. The van der Waals surface area contributed by atoms with Crippen LogP contribution in [0.15, 0.2) is 91.4 Å². The van der Waals surface area contributed by atoms with Gasteiger partial charge in [-0.05, 0) is 29.7 Å². The van der Waals surface area contributed by atoms with Crippen molar-refractivity contribution in [2.24, 2.45) is 0 Å². The second kappa shape index (κ2) is 10.7. The van der Waals surface area contributed by atoms with Gasteiger partial charge in [-0.15, -0.1) is 0 Å². The molecule has 0 bridgehead atoms. The predicted octanol–water partition coefficient (Wildman–Crippen LogP) is 5.95. The van der Waals surface area contributed by atoms with Crippen LogP contribution in [-0.2, 0) is 26.2 Å². The molecule has 4 heteroatoms. The van der Waals surface area contributed by atoms with Crippen LogP contribution in [0, 0.1) is 0 Å². The summed E-state index contributed by atoms with van der Waals surface area (Å²) in [7, 11) is 0. The van der Waals surface area contributed by atoms with Gasteiger partial charge in [-0.3, -0.25) is 9.88 Å². The molecular weight excluding hydrogens is 380 g/mol. The summed E-state index contributed by atoms with van der Waals surface area (Å²) >= 11 is 0. The van der Waals surface area contributed by atoms with Crippen LogP contribution in [0.2, 0.25) is 0 Å². The lowest BCUT2D eigenvalue weighted by molar-refractivity contribution is 0.241. The quantitative estimate of drug-likeness (QED) is 0.324. The first-order valence-electron chi connectivity index (χ1n) is 11.1. The van der Waals surface area contributed by atoms with E-state index in [1.165, 1.54) is 22.4 Å². The summed E-state index contributed by atoms with van der Waals surface area (Å²) in [6.07, 6.45) is 8.11. The van der Waals surface area contributed by atoms with Crippen LogP contribution in [0.5, 0.6) is 0 Å². The van der Waals surface area contributed by atoms with E-state index in [0.29, 0.717) is 0 Å². The maximum Gasteiger partial charge on any atom is 0.140 e. The van der Waals surface area contributed by atoms with E-state index in [9.17, 15) is 0 Å². The van der Waals surface area contributed by atoms with E-state index in [0.717, 1.165) is 44.8 Å². The molecule has 0 unspecified atom stereocenters. The van der Waals surface area contributed by atoms with Crippen molar-refractivity contribution in [1.29, 1.82) is 0 Å². The monoisotopic (exact) mass is 410 g/mol. The van der Waals surface area contributed by atoms with Crippen LogP contribution in [0.25, 0.3) is 11.4 Å². The van der Waals surface area contributed by atoms with Crippen LogP contribution in [0.4, 0.5) is 0 Å². The number of imidazole rings is 1. The summed E-state index contributed by atoms with van der Waals surface area (Å²) in [6.45, 7) is 5.84. The molecule has 0 N–H and O–H groups in total. The Hall–Kier alpha value is -3.24. The molecule has 4 nitrogen and oxygen atoms in total. The molecule has 158 valence electrons. The largest absolute Gasteiger partial charge is 0.327 e. The Morgan fingerprint density at radius 2 is 1.42 bits per heavy atom. The number of aromatic nitrogens is 3. The second-order valence-electron chi connectivity index (χ2n) is 7.93. The van der Waals surface area contributed by atoms with Gasteiger partial charge in [-0.2, -0.15) is 0 Å². The molecule has 0 aliphatic heterocycles. The van der Waals surface area contributed by atoms with Crippen molar-refractivity contribution < 1.29 is 0 Å². The van der Waals surface area contributed by atoms with E-state index < -0.39 is 0 Å². The van der Waals surface area contributed by atoms with Crippen LogP contribution in [0.1, 0.15) is 36.6 Å². The molecule has 0 fully saturated rings. The smallest absolute Gasteiger partial charge is 0.140 e. The van der Waals surface area contributed by atoms with Crippen molar-refractivity contribution in [2.45, 2.75) is 45.9 Å². The van der Waals surface area contributed by atoms with Crippen molar-refractivity contribution in [3.05, 3.63) is 108 Å². The van der Waals surface area contributed by atoms with E-state index >= 15 is 0 Å². The first-order valence-corrected chi connectivity index (χ1v) is 11.1. The second-order valence-corrected chi connectivity index (χ2v) is 7.93. The molecule has 0 saturated heterocycles. The minimum absolute atomic E-state index is 0.848. The number of benzene rings is 2. The van der Waals surface area contributed by atoms with Gasteiger partial charge in [0.25, 0.3) is 0 Å². The van der Waals surface area contributed by atoms with Crippen LogP contribution in [-0.4, -0.2) is 19.4 Å². The van der Waals surface area contributed by atoms with Crippen molar-refractivity contribution in [1.82, 2.24) is 19.4 Å². The highest BCUT2D eigenvalue weighted by Gasteiger charge is 2.15. The van der Waals surface area contributed by atoms with E-state index in [-0.39, 0.29) is 0 Å². The zero-order valence-electron chi connectivity index (χ0n) is 18.2. The standard InChI is InChI=1S/C27H30N4/c1-2-3-18-31-26(19-29-27(31)25-12-8-5-9-13-25)22-30(20-23-10-6-4-7-11-23)21-24-14-16-28-17-15-24/h4-17,19H,2-3,18,20-22H2,1H3. The highest BCUT2D eigenvalue weighted by molar-refractivity contribution is 5.55. The first kappa shape index (κ1) is 21.0. The topological polar surface area (TPSA) is 34.0 Å². The van der Waals surface area contributed by atoms with Gasteiger partial charge in [0.1, 0.15) is 5.82 Å². The van der Waals surface area contributed by atoms with E-state index in [2.05, 4.69) is 100 Å². The Bertz CT molecular complexity index is 1000. The maximum absolute atomic E-state index is 4.83. The molecule has 0 aliphatic rings. The van der Waals surface area contributed by atoms with Crippen molar-refractivity contribution in [3.63, 3.8) is 0 Å². The summed E-state index contributed by atoms with van der Waals surface area (Å²) in [5.74, 6) is 1.06. The van der Waals surface area contributed by atoms with Gasteiger partial charge in [0.15, 0.2) is 0 Å². The van der Waals surface area contributed by atoms with Crippen molar-refractivity contribution in [2.75, 3.05) is 0 Å². The van der Waals surface area contributed by atoms with Crippen molar-refractivity contribution >= 4 is 0 Å². The normalized spacial score (nSPS) is 11.2. The molecule has 4 rings (SSSR count). The summed E-state index contributed by atoms with van der Waals surface area (Å²) in [4.78, 5) is 11.5. The molecule has 0 saturated carbocycles. The van der Waals surface area contributed by atoms with E-state index in [1.807, 2.05) is 12.4 Å². The first-order chi connectivity index (χ1) is 15.3. The van der Waals surface area contributed by atoms with Gasteiger partial charge >= 0.3 is 0 Å². The molecule has 2 aromatic carbocycles. The Balaban J connectivity index is 1.62. The van der Waals surface area contributed by atoms with Gasteiger partial charge in [0.05, 0.1) is 11.9 Å². The zero-order chi connectivity index (χ0) is 21.3. The molecule has 0 radical (unpaired) electrons. The predicted molar refractivity (Wildman–Crippen MR) is 126 cm³/mol. The third kappa shape index (κ3) is 5.68. The number of unbranched alkanes of at least 4 members (excludes halogenated alkanes) is 1. The summed E-state index contributed by atoms with van der Waals surface area (Å²) in [5, 5.41) is 0. The lowest BCUT2D eigenvalue weighted by atomic mass is 10.1. The molecule has 4 aromatic rings. The van der Waals surface area contributed by atoms with Crippen molar-refractivity contribution in [3.8, 4) is 11.4 Å². The highest BCUT2D eigenvalue weighted by Crippen LogP contribution is 2.22. The number of hydrogen-bond donors (Lipinski definition) is 0. The van der Waals surface area contributed by atoms with E-state index in [4.69, 9.17) is 4.98 Å². The van der Waals surface area contributed by atoms with Gasteiger partial charge in [-0.1, -0.05) is 74.0 Å². The number of rotatable bonds is 10. The Morgan fingerprint density at radius 1 is 0.774 bits per heavy atom. The Morgan fingerprint density at radius 3 is 2.10 bits per heavy atom. The SMILES string of the molecule is CCCCn1c(CN(Cc2ccccc2)Cc2ccncc2)cnc1-c1ccccc1. The van der Waals surface area contributed by atoms with Gasteiger partial charge in [0.2, 0.25) is 0 Å². The average Bonchev–Trinajstić information content (AvgIpc) is 3.21. The lowest BCUT2D eigenvalue weighted by Crippen LogP contribution is -2.24. The minimum atomic E-state index is 0.848.